The van der Waals surface area contributed by atoms with Crippen LogP contribution >= 0.6 is 11.8 Å². The van der Waals surface area contributed by atoms with E-state index >= 15 is 0 Å². The normalized spacial score (nSPS) is 18.5. The molecular formula is C20H20N4OS. The molecule has 0 saturated heterocycles. The maximum absolute atomic E-state index is 12.1. The quantitative estimate of drug-likeness (QED) is 0.676. The SMILES string of the molecule is Cn1c(SCC(=O)Nc2ccccc2)nnc1C1CC1c1ccccc1. The topological polar surface area (TPSA) is 59.8 Å². The zero-order valence-corrected chi connectivity index (χ0v) is 15.3. The summed E-state index contributed by atoms with van der Waals surface area (Å²) in [5.41, 5.74) is 2.16. The molecule has 2 unspecified atom stereocenters. The number of para-hydroxylation sites is 1. The minimum absolute atomic E-state index is 0.0423. The summed E-state index contributed by atoms with van der Waals surface area (Å²) in [7, 11) is 1.98. The highest BCUT2D eigenvalue weighted by Gasteiger charge is 2.42. The highest BCUT2D eigenvalue weighted by atomic mass is 32.2. The lowest BCUT2D eigenvalue weighted by atomic mass is 10.1. The van der Waals surface area contributed by atoms with Crippen molar-refractivity contribution < 1.29 is 4.79 Å². The molecule has 0 radical (unpaired) electrons. The van der Waals surface area contributed by atoms with Crippen LogP contribution < -0.4 is 5.32 Å². The zero-order valence-electron chi connectivity index (χ0n) is 14.5. The number of hydrogen-bond acceptors (Lipinski definition) is 4. The molecule has 1 aliphatic rings. The summed E-state index contributed by atoms with van der Waals surface area (Å²) < 4.78 is 2.02. The van der Waals surface area contributed by atoms with E-state index in [1.54, 1.807) is 0 Å². The van der Waals surface area contributed by atoms with Gasteiger partial charge in [0.1, 0.15) is 5.82 Å². The molecule has 1 amide bonds. The molecule has 1 heterocycles. The highest BCUT2D eigenvalue weighted by molar-refractivity contribution is 7.99. The number of carbonyl (C=O) groups excluding carboxylic acids is 1. The minimum Gasteiger partial charge on any atom is -0.325 e. The number of nitrogens with zero attached hydrogens (tertiary/aromatic N) is 3. The monoisotopic (exact) mass is 364 g/mol. The van der Waals surface area contributed by atoms with E-state index in [-0.39, 0.29) is 5.91 Å². The Balaban J connectivity index is 1.35. The molecular weight excluding hydrogens is 344 g/mol. The zero-order chi connectivity index (χ0) is 17.9. The predicted octanol–water partition coefficient (Wildman–Crippen LogP) is 3.82. The lowest BCUT2D eigenvalue weighted by Crippen LogP contribution is -2.14. The smallest absolute Gasteiger partial charge is 0.234 e. The number of thioether (sulfide) groups is 1. The Labute approximate surface area is 156 Å². The molecule has 1 N–H and O–H groups in total. The van der Waals surface area contributed by atoms with Crippen LogP contribution in [0.4, 0.5) is 5.69 Å². The largest absolute Gasteiger partial charge is 0.325 e. The van der Waals surface area contributed by atoms with Crippen molar-refractivity contribution in [2.45, 2.75) is 23.4 Å². The van der Waals surface area contributed by atoms with Crippen LogP contribution in [0.5, 0.6) is 0 Å². The molecule has 2 atom stereocenters. The summed E-state index contributed by atoms with van der Waals surface area (Å²) in [4.78, 5) is 12.1. The number of nitrogens with one attached hydrogen (secondary N) is 1. The number of anilines is 1. The molecule has 132 valence electrons. The van der Waals surface area contributed by atoms with Gasteiger partial charge >= 0.3 is 0 Å². The Morgan fingerprint density at radius 3 is 2.50 bits per heavy atom. The van der Waals surface area contributed by atoms with Gasteiger partial charge in [-0.1, -0.05) is 60.3 Å². The molecule has 0 bridgehead atoms. The molecule has 5 nitrogen and oxygen atoms in total. The standard InChI is InChI=1S/C20H20N4OS/c1-24-19(17-12-16(17)14-8-4-2-5-9-14)22-23-20(24)26-13-18(25)21-15-10-6-3-7-11-15/h2-11,16-17H,12-13H2,1H3,(H,21,25). The Morgan fingerprint density at radius 1 is 1.08 bits per heavy atom. The van der Waals surface area contributed by atoms with Crippen LogP contribution in [-0.2, 0) is 11.8 Å². The van der Waals surface area contributed by atoms with Crippen LogP contribution in [0.2, 0.25) is 0 Å². The fourth-order valence-electron chi connectivity index (χ4n) is 3.17. The van der Waals surface area contributed by atoms with Crippen molar-refractivity contribution in [1.82, 2.24) is 14.8 Å². The summed E-state index contributed by atoms with van der Waals surface area (Å²) in [6.45, 7) is 0. The van der Waals surface area contributed by atoms with Crippen molar-refractivity contribution in [1.29, 1.82) is 0 Å². The van der Waals surface area contributed by atoms with Crippen molar-refractivity contribution >= 4 is 23.4 Å². The van der Waals surface area contributed by atoms with Crippen LogP contribution in [0.15, 0.2) is 65.8 Å². The minimum atomic E-state index is -0.0423. The second-order valence-electron chi connectivity index (χ2n) is 6.46. The molecule has 1 fully saturated rings. The third-order valence-corrected chi connectivity index (χ3v) is 5.63. The van der Waals surface area contributed by atoms with Gasteiger partial charge in [-0.2, -0.15) is 0 Å². The number of aromatic nitrogens is 3. The number of carbonyl (C=O) groups is 1. The molecule has 0 spiro atoms. The van der Waals surface area contributed by atoms with Gasteiger partial charge in [-0.15, -0.1) is 10.2 Å². The van der Waals surface area contributed by atoms with E-state index in [1.807, 2.05) is 48.0 Å². The van der Waals surface area contributed by atoms with E-state index in [4.69, 9.17) is 0 Å². The van der Waals surface area contributed by atoms with Crippen molar-refractivity contribution in [2.75, 3.05) is 11.1 Å². The average Bonchev–Trinajstić information content (AvgIpc) is 3.38. The summed E-state index contributed by atoms with van der Waals surface area (Å²) in [5.74, 6) is 2.22. The van der Waals surface area contributed by atoms with Gasteiger partial charge in [0.2, 0.25) is 5.91 Å². The number of benzene rings is 2. The van der Waals surface area contributed by atoms with Crippen LogP contribution in [0.1, 0.15) is 29.6 Å². The first-order valence-corrected chi connectivity index (χ1v) is 9.63. The Hall–Kier alpha value is -2.60. The van der Waals surface area contributed by atoms with Crippen molar-refractivity contribution in [3.05, 3.63) is 72.1 Å². The van der Waals surface area contributed by atoms with Gasteiger partial charge in [0.15, 0.2) is 5.16 Å². The van der Waals surface area contributed by atoms with Crippen LogP contribution in [0.3, 0.4) is 0 Å². The third kappa shape index (κ3) is 3.65. The van der Waals surface area contributed by atoms with E-state index in [1.165, 1.54) is 17.3 Å². The van der Waals surface area contributed by atoms with Crippen LogP contribution in [0, 0.1) is 0 Å². The molecule has 1 aliphatic carbocycles. The molecule has 1 aromatic heterocycles. The van der Waals surface area contributed by atoms with E-state index in [0.717, 1.165) is 23.1 Å². The molecule has 3 aromatic rings. The van der Waals surface area contributed by atoms with Crippen LogP contribution in [0.25, 0.3) is 0 Å². The van der Waals surface area contributed by atoms with Gasteiger partial charge in [0, 0.05) is 18.7 Å². The first kappa shape index (κ1) is 16.8. The molecule has 2 aromatic carbocycles. The molecule has 6 heteroatoms. The fraction of sp³-hybridized carbons (Fsp3) is 0.250. The lowest BCUT2D eigenvalue weighted by Gasteiger charge is -2.05. The third-order valence-electron chi connectivity index (χ3n) is 4.61. The molecule has 26 heavy (non-hydrogen) atoms. The average molecular weight is 364 g/mol. The van der Waals surface area contributed by atoms with Gasteiger partial charge in [0.25, 0.3) is 0 Å². The summed E-state index contributed by atoms with van der Waals surface area (Å²) >= 11 is 1.41. The summed E-state index contributed by atoms with van der Waals surface area (Å²) in [6.07, 6.45) is 1.11. The Kier molecular flexibility index (Phi) is 4.75. The van der Waals surface area contributed by atoms with E-state index < -0.39 is 0 Å². The molecule has 0 aliphatic heterocycles. The highest BCUT2D eigenvalue weighted by Crippen LogP contribution is 2.54. The second-order valence-corrected chi connectivity index (χ2v) is 7.40. The summed E-state index contributed by atoms with van der Waals surface area (Å²) in [5, 5.41) is 12.3. The predicted molar refractivity (Wildman–Crippen MR) is 103 cm³/mol. The number of rotatable bonds is 6. The maximum Gasteiger partial charge on any atom is 0.234 e. The number of hydrogen-bond donors (Lipinski definition) is 1. The first-order valence-electron chi connectivity index (χ1n) is 8.64. The van der Waals surface area contributed by atoms with E-state index in [0.29, 0.717) is 17.6 Å². The molecule has 1 saturated carbocycles. The van der Waals surface area contributed by atoms with Crippen molar-refractivity contribution in [3.63, 3.8) is 0 Å². The first-order chi connectivity index (χ1) is 12.7. The Morgan fingerprint density at radius 2 is 1.77 bits per heavy atom. The Bertz CT molecular complexity index is 895. The van der Waals surface area contributed by atoms with Crippen molar-refractivity contribution in [3.8, 4) is 0 Å². The van der Waals surface area contributed by atoms with E-state index in [2.05, 4.69) is 39.8 Å². The maximum atomic E-state index is 12.1. The van der Waals surface area contributed by atoms with Gasteiger partial charge in [-0.3, -0.25) is 4.79 Å². The second kappa shape index (κ2) is 7.33. The van der Waals surface area contributed by atoms with Crippen LogP contribution in [-0.4, -0.2) is 26.4 Å². The van der Waals surface area contributed by atoms with E-state index in [9.17, 15) is 4.79 Å². The lowest BCUT2D eigenvalue weighted by molar-refractivity contribution is -0.113. The summed E-state index contributed by atoms with van der Waals surface area (Å²) in [6, 6.07) is 20.0. The fourth-order valence-corrected chi connectivity index (χ4v) is 3.89. The van der Waals surface area contributed by atoms with Gasteiger partial charge in [-0.05, 0) is 30.0 Å². The van der Waals surface area contributed by atoms with Gasteiger partial charge in [-0.25, -0.2) is 0 Å². The van der Waals surface area contributed by atoms with Gasteiger partial charge < -0.3 is 9.88 Å². The van der Waals surface area contributed by atoms with Gasteiger partial charge in [0.05, 0.1) is 5.75 Å². The van der Waals surface area contributed by atoms with Crippen molar-refractivity contribution in [2.24, 2.45) is 7.05 Å². The number of amides is 1. The molecule has 4 rings (SSSR count).